The predicted molar refractivity (Wildman–Crippen MR) is 241 cm³/mol. The summed E-state index contributed by atoms with van der Waals surface area (Å²) in [5.41, 5.74) is 0. The number of allylic oxidation sites excluding steroid dienone is 2. The minimum atomic E-state index is -0.783. The van der Waals surface area contributed by atoms with E-state index in [1.165, 1.54) is 154 Å². The van der Waals surface area contributed by atoms with Gasteiger partial charge in [0, 0.05) is 6.42 Å². The van der Waals surface area contributed by atoms with Crippen molar-refractivity contribution in [1.29, 1.82) is 0 Å². The van der Waals surface area contributed by atoms with Crippen molar-refractivity contribution in [2.75, 3.05) is 6.61 Å². The number of ether oxygens (including phenoxy) is 1. The Bertz CT molecular complexity index is 847. The van der Waals surface area contributed by atoms with Crippen molar-refractivity contribution in [3.05, 3.63) is 12.2 Å². The topological polar surface area (TPSA) is 95.9 Å². The summed E-state index contributed by atoms with van der Waals surface area (Å²) in [5.74, 6) is -0.477. The molecule has 0 aromatic heterocycles. The molecule has 0 rings (SSSR count). The average molecular weight is 792 g/mol. The van der Waals surface area contributed by atoms with Crippen LogP contribution < -0.4 is 5.32 Å². The molecule has 0 aromatic rings. The zero-order chi connectivity index (χ0) is 41.0. The lowest BCUT2D eigenvalue weighted by molar-refractivity contribution is -0.151. The molecule has 0 aliphatic rings. The van der Waals surface area contributed by atoms with Crippen molar-refractivity contribution in [2.45, 2.75) is 289 Å². The number of aliphatic hydroxyl groups is 2. The second kappa shape index (κ2) is 44.7. The fourth-order valence-corrected chi connectivity index (χ4v) is 7.78. The number of nitrogens with one attached hydrogen (secondary N) is 1. The van der Waals surface area contributed by atoms with Crippen LogP contribution >= 0.6 is 0 Å². The van der Waals surface area contributed by atoms with E-state index in [0.29, 0.717) is 19.3 Å². The molecular formula is C50H97NO5. The minimum Gasteiger partial charge on any atom is -0.462 e. The molecule has 6 nitrogen and oxygen atoms in total. The molecule has 0 radical (unpaired) electrons. The first-order valence-corrected chi connectivity index (χ1v) is 24.9. The highest BCUT2D eigenvalue weighted by atomic mass is 16.5. The molecule has 0 saturated heterocycles. The van der Waals surface area contributed by atoms with Gasteiger partial charge in [0.1, 0.15) is 6.10 Å². The summed E-state index contributed by atoms with van der Waals surface area (Å²) in [4.78, 5) is 26.0. The molecule has 0 bridgehead atoms. The van der Waals surface area contributed by atoms with Gasteiger partial charge in [-0.15, -0.1) is 0 Å². The van der Waals surface area contributed by atoms with Crippen molar-refractivity contribution in [3.8, 4) is 0 Å². The maximum absolute atomic E-state index is 13.1. The monoisotopic (exact) mass is 792 g/mol. The molecule has 0 spiro atoms. The zero-order valence-electron chi connectivity index (χ0n) is 37.8. The summed E-state index contributed by atoms with van der Waals surface area (Å²) in [6.45, 7) is 6.45. The number of hydrogen-bond donors (Lipinski definition) is 3. The van der Waals surface area contributed by atoms with Crippen LogP contribution in [0.1, 0.15) is 271 Å². The maximum Gasteiger partial charge on any atom is 0.306 e. The molecule has 6 heteroatoms. The largest absolute Gasteiger partial charge is 0.462 e. The van der Waals surface area contributed by atoms with Gasteiger partial charge in [-0.25, -0.2) is 0 Å². The zero-order valence-corrected chi connectivity index (χ0v) is 37.8. The van der Waals surface area contributed by atoms with Crippen LogP contribution in [0.5, 0.6) is 0 Å². The fourth-order valence-electron chi connectivity index (χ4n) is 7.78. The van der Waals surface area contributed by atoms with Crippen LogP contribution in [0.25, 0.3) is 0 Å². The molecule has 0 aliphatic heterocycles. The first-order chi connectivity index (χ1) is 27.5. The summed E-state index contributed by atoms with van der Waals surface area (Å²) < 4.78 is 5.91. The lowest BCUT2D eigenvalue weighted by atomic mass is 10.0. The highest BCUT2D eigenvalue weighted by molar-refractivity contribution is 5.77. The second-order valence-electron chi connectivity index (χ2n) is 17.2. The summed E-state index contributed by atoms with van der Waals surface area (Å²) >= 11 is 0. The minimum absolute atomic E-state index is 0.0729. The Morgan fingerprint density at radius 3 is 1.30 bits per heavy atom. The molecule has 0 heterocycles. The molecule has 332 valence electrons. The first kappa shape index (κ1) is 54.6. The van der Waals surface area contributed by atoms with Gasteiger partial charge in [-0.3, -0.25) is 9.59 Å². The van der Waals surface area contributed by atoms with E-state index in [1.807, 2.05) is 0 Å². The number of hydrogen-bond acceptors (Lipinski definition) is 5. The average Bonchev–Trinajstić information content (AvgIpc) is 3.19. The van der Waals surface area contributed by atoms with Crippen molar-refractivity contribution in [3.63, 3.8) is 0 Å². The van der Waals surface area contributed by atoms with E-state index in [4.69, 9.17) is 4.74 Å². The van der Waals surface area contributed by atoms with E-state index in [9.17, 15) is 19.8 Å². The fraction of sp³-hybridized carbons (Fsp3) is 0.920. The second-order valence-corrected chi connectivity index (χ2v) is 17.2. The quantitative estimate of drug-likeness (QED) is 0.0324. The Kier molecular flexibility index (Phi) is 43.6. The Labute approximate surface area is 349 Å². The van der Waals surface area contributed by atoms with Crippen LogP contribution in [0.3, 0.4) is 0 Å². The van der Waals surface area contributed by atoms with E-state index in [2.05, 4.69) is 38.2 Å². The molecule has 1 amide bonds. The van der Waals surface area contributed by atoms with Gasteiger partial charge < -0.3 is 20.3 Å². The van der Waals surface area contributed by atoms with Gasteiger partial charge in [-0.1, -0.05) is 219 Å². The number of esters is 1. The van der Waals surface area contributed by atoms with Gasteiger partial charge in [-0.2, -0.15) is 0 Å². The van der Waals surface area contributed by atoms with Crippen LogP contribution in [0.4, 0.5) is 0 Å². The van der Waals surface area contributed by atoms with Crippen LogP contribution in [-0.4, -0.2) is 46.9 Å². The highest BCUT2D eigenvalue weighted by Gasteiger charge is 2.24. The van der Waals surface area contributed by atoms with Crippen molar-refractivity contribution in [2.24, 2.45) is 0 Å². The van der Waals surface area contributed by atoms with Crippen LogP contribution in [0.2, 0.25) is 0 Å². The van der Waals surface area contributed by atoms with Crippen LogP contribution in [-0.2, 0) is 14.3 Å². The molecule has 0 aliphatic carbocycles. The summed E-state index contributed by atoms with van der Waals surface area (Å²) in [6.07, 6.45) is 48.6. The Balaban J connectivity index is 4.43. The summed E-state index contributed by atoms with van der Waals surface area (Å²) in [7, 11) is 0. The molecule has 3 N–H and O–H groups in total. The number of carbonyl (C=O) groups excluding carboxylic acids is 2. The first-order valence-electron chi connectivity index (χ1n) is 24.9. The predicted octanol–water partition coefficient (Wildman–Crippen LogP) is 14.6. The van der Waals surface area contributed by atoms with Crippen molar-refractivity contribution < 1.29 is 24.5 Å². The van der Waals surface area contributed by atoms with E-state index in [0.717, 1.165) is 70.6 Å². The van der Waals surface area contributed by atoms with Gasteiger partial charge in [0.25, 0.3) is 0 Å². The SMILES string of the molecule is CCCCC/C=C\CCCCCC(CC(=O)NC(CO)C(O)CCCCCCCCCCC)OC(=O)CCCCCCCCCCCCCCCCCCCC. The Hall–Kier alpha value is -1.40. The van der Waals surface area contributed by atoms with E-state index in [1.54, 1.807) is 0 Å². The number of aliphatic hydroxyl groups excluding tert-OH is 2. The standard InChI is InChI=1S/C50H97NO5/c1-4-7-10-13-16-19-21-22-23-24-25-26-27-28-31-34-37-40-43-50(55)56-46(41-38-35-32-30-20-17-14-11-8-5-2)44-49(54)51-47(45-52)48(53)42-39-36-33-29-18-15-12-9-6-3/h17,20,46-48,52-53H,4-16,18-19,21-45H2,1-3H3,(H,51,54)/b20-17-. The molecule has 3 unspecified atom stereocenters. The molecule has 0 aromatic carbocycles. The number of carbonyl (C=O) groups is 2. The van der Waals surface area contributed by atoms with Crippen molar-refractivity contribution in [1.82, 2.24) is 5.32 Å². The third-order valence-electron chi connectivity index (χ3n) is 11.6. The summed E-state index contributed by atoms with van der Waals surface area (Å²) in [5, 5.41) is 23.6. The Morgan fingerprint density at radius 1 is 0.500 bits per heavy atom. The third kappa shape index (κ3) is 39.4. The van der Waals surface area contributed by atoms with Gasteiger partial charge in [0.15, 0.2) is 0 Å². The lowest BCUT2D eigenvalue weighted by Gasteiger charge is -2.24. The molecule has 0 saturated carbocycles. The normalized spacial score (nSPS) is 13.3. The van der Waals surface area contributed by atoms with Gasteiger partial charge in [0.2, 0.25) is 5.91 Å². The van der Waals surface area contributed by atoms with E-state index < -0.39 is 18.2 Å². The molecule has 56 heavy (non-hydrogen) atoms. The van der Waals surface area contributed by atoms with Gasteiger partial charge in [0.05, 0.1) is 25.2 Å². The maximum atomic E-state index is 13.1. The highest BCUT2D eigenvalue weighted by Crippen LogP contribution is 2.18. The number of unbranched alkanes of at least 4 members (excludes halogenated alkanes) is 31. The van der Waals surface area contributed by atoms with E-state index >= 15 is 0 Å². The molecular weight excluding hydrogens is 695 g/mol. The van der Waals surface area contributed by atoms with Gasteiger partial charge in [-0.05, 0) is 51.4 Å². The third-order valence-corrected chi connectivity index (χ3v) is 11.6. The number of amides is 1. The summed E-state index contributed by atoms with van der Waals surface area (Å²) in [6, 6.07) is -0.697. The lowest BCUT2D eigenvalue weighted by Crippen LogP contribution is -2.46. The number of rotatable bonds is 45. The van der Waals surface area contributed by atoms with Crippen molar-refractivity contribution >= 4 is 11.9 Å². The van der Waals surface area contributed by atoms with Gasteiger partial charge >= 0.3 is 5.97 Å². The smallest absolute Gasteiger partial charge is 0.306 e. The van der Waals surface area contributed by atoms with E-state index in [-0.39, 0.29) is 24.9 Å². The Morgan fingerprint density at radius 2 is 0.857 bits per heavy atom. The molecule has 3 atom stereocenters. The van der Waals surface area contributed by atoms with Crippen LogP contribution in [0.15, 0.2) is 12.2 Å². The molecule has 0 fully saturated rings. The van der Waals surface area contributed by atoms with Crippen LogP contribution in [0, 0.1) is 0 Å².